The molecule has 1 fully saturated rings. The van der Waals surface area contributed by atoms with Crippen molar-refractivity contribution < 1.29 is 13.2 Å². The van der Waals surface area contributed by atoms with Crippen LogP contribution in [0.3, 0.4) is 0 Å². The molecule has 3 heterocycles. The minimum Gasteiger partial charge on any atom is -0.345 e. The molecule has 0 unspecified atom stereocenters. The number of piperazine rings is 1. The van der Waals surface area contributed by atoms with Gasteiger partial charge in [0, 0.05) is 57.8 Å². The van der Waals surface area contributed by atoms with Crippen LogP contribution in [0.1, 0.15) is 12.8 Å². The first-order valence-corrected chi connectivity index (χ1v) is 11.6. The average Bonchev–Trinajstić information content (AvgIpc) is 3.35. The third kappa shape index (κ3) is 4.43. The first-order chi connectivity index (χ1) is 12.5. The van der Waals surface area contributed by atoms with Gasteiger partial charge in [-0.1, -0.05) is 6.07 Å². The largest absolute Gasteiger partial charge is 0.345 e. The molecule has 0 bridgehead atoms. The van der Waals surface area contributed by atoms with Gasteiger partial charge in [0.25, 0.3) is 10.0 Å². The first-order valence-electron chi connectivity index (χ1n) is 8.40. The molecule has 10 heteroatoms. The summed E-state index contributed by atoms with van der Waals surface area (Å²) in [5.74, 6) is 0.0886. The minimum atomic E-state index is -3.44. The number of amides is 1. The zero-order valence-electron chi connectivity index (χ0n) is 14.6. The Morgan fingerprint density at radius 1 is 1.23 bits per heavy atom. The molecule has 26 heavy (non-hydrogen) atoms. The molecule has 0 spiro atoms. The molecule has 7 nitrogen and oxygen atoms in total. The number of thiophene rings is 1. The van der Waals surface area contributed by atoms with Crippen molar-refractivity contribution in [3.05, 3.63) is 29.1 Å². The quantitative estimate of drug-likeness (QED) is 0.692. The summed E-state index contributed by atoms with van der Waals surface area (Å²) < 4.78 is 26.4. The standard InChI is InChI=1S/C16H22N4O3S3/c1-18(26(22,23)15-5-3-12-24-15)7-2-4-14(21)19-8-10-20(11-9-19)16-17-6-13-25-16/h3,5-6,12-13H,2,4,7-11H2,1H3. The van der Waals surface area contributed by atoms with Crippen LogP contribution in [-0.2, 0) is 14.8 Å². The molecule has 0 N–H and O–H groups in total. The molecule has 1 aliphatic rings. The molecule has 0 saturated carbocycles. The summed E-state index contributed by atoms with van der Waals surface area (Å²) in [6, 6.07) is 3.32. The van der Waals surface area contributed by atoms with Crippen LogP contribution in [0.5, 0.6) is 0 Å². The highest BCUT2D eigenvalue weighted by Gasteiger charge is 2.24. The summed E-state index contributed by atoms with van der Waals surface area (Å²) in [6.45, 7) is 3.27. The second-order valence-electron chi connectivity index (χ2n) is 6.04. The number of hydrogen-bond acceptors (Lipinski definition) is 7. The Morgan fingerprint density at radius 2 is 2.00 bits per heavy atom. The molecular weight excluding hydrogens is 392 g/mol. The van der Waals surface area contributed by atoms with E-state index in [2.05, 4.69) is 9.88 Å². The summed E-state index contributed by atoms with van der Waals surface area (Å²) >= 11 is 2.81. The van der Waals surface area contributed by atoms with Gasteiger partial charge in [-0.25, -0.2) is 17.7 Å². The van der Waals surface area contributed by atoms with Gasteiger partial charge < -0.3 is 9.80 Å². The Hall–Kier alpha value is -1.49. The lowest BCUT2D eigenvalue weighted by Gasteiger charge is -2.34. The van der Waals surface area contributed by atoms with E-state index < -0.39 is 10.0 Å². The monoisotopic (exact) mass is 414 g/mol. The molecule has 0 atom stereocenters. The summed E-state index contributed by atoms with van der Waals surface area (Å²) in [7, 11) is -1.87. The zero-order valence-corrected chi connectivity index (χ0v) is 17.0. The van der Waals surface area contributed by atoms with E-state index in [-0.39, 0.29) is 5.91 Å². The van der Waals surface area contributed by atoms with Crippen LogP contribution >= 0.6 is 22.7 Å². The van der Waals surface area contributed by atoms with Gasteiger partial charge in [0.2, 0.25) is 5.91 Å². The molecule has 1 aliphatic heterocycles. The van der Waals surface area contributed by atoms with Crippen LogP contribution in [0.4, 0.5) is 5.13 Å². The van der Waals surface area contributed by atoms with Gasteiger partial charge in [-0.05, 0) is 17.9 Å². The van der Waals surface area contributed by atoms with E-state index in [1.54, 1.807) is 42.1 Å². The van der Waals surface area contributed by atoms with Crippen LogP contribution in [0.25, 0.3) is 0 Å². The molecule has 1 amide bonds. The average molecular weight is 415 g/mol. The van der Waals surface area contributed by atoms with E-state index >= 15 is 0 Å². The molecule has 3 rings (SSSR count). The predicted octanol–water partition coefficient (Wildman–Crippen LogP) is 1.95. The number of aromatic nitrogens is 1. The summed E-state index contributed by atoms with van der Waals surface area (Å²) in [5.41, 5.74) is 0. The number of carbonyl (C=O) groups excluding carboxylic acids is 1. The molecule has 142 valence electrons. The lowest BCUT2D eigenvalue weighted by atomic mass is 10.2. The Kier molecular flexibility index (Phi) is 6.28. The second-order valence-corrected chi connectivity index (χ2v) is 10.1. The Bertz CT molecular complexity index is 798. The normalized spacial score (nSPS) is 15.6. The van der Waals surface area contributed by atoms with Crippen molar-refractivity contribution in [1.82, 2.24) is 14.2 Å². The smallest absolute Gasteiger partial charge is 0.252 e. The predicted molar refractivity (Wildman–Crippen MR) is 104 cm³/mol. The maximum atomic E-state index is 12.4. The van der Waals surface area contributed by atoms with Gasteiger partial charge in [0.1, 0.15) is 4.21 Å². The SMILES string of the molecule is CN(CCCC(=O)N1CCN(c2nccs2)CC1)S(=O)(=O)c1cccs1. The van der Waals surface area contributed by atoms with E-state index in [0.29, 0.717) is 36.7 Å². The van der Waals surface area contributed by atoms with E-state index in [0.717, 1.165) is 18.2 Å². The van der Waals surface area contributed by atoms with Crippen LogP contribution in [0, 0.1) is 0 Å². The number of sulfonamides is 1. The molecule has 0 aromatic carbocycles. The fourth-order valence-electron chi connectivity index (χ4n) is 2.81. The molecular formula is C16H22N4O3S3. The minimum absolute atomic E-state index is 0.0886. The highest BCUT2D eigenvalue weighted by Crippen LogP contribution is 2.21. The topological polar surface area (TPSA) is 73.8 Å². The molecule has 2 aromatic rings. The van der Waals surface area contributed by atoms with Crippen LogP contribution in [0.15, 0.2) is 33.3 Å². The van der Waals surface area contributed by atoms with E-state index in [4.69, 9.17) is 0 Å². The van der Waals surface area contributed by atoms with Crippen molar-refractivity contribution in [3.8, 4) is 0 Å². The Morgan fingerprint density at radius 3 is 2.62 bits per heavy atom. The van der Waals surface area contributed by atoms with Gasteiger partial charge in [-0.3, -0.25) is 4.79 Å². The zero-order chi connectivity index (χ0) is 18.6. The third-order valence-corrected chi connectivity index (χ3v) is 8.41. The van der Waals surface area contributed by atoms with Crippen LogP contribution < -0.4 is 4.90 Å². The number of hydrogen-bond donors (Lipinski definition) is 0. The number of carbonyl (C=O) groups is 1. The maximum Gasteiger partial charge on any atom is 0.252 e. The van der Waals surface area contributed by atoms with E-state index in [1.807, 2.05) is 10.3 Å². The highest BCUT2D eigenvalue weighted by molar-refractivity contribution is 7.91. The molecule has 1 saturated heterocycles. The fraction of sp³-hybridized carbons (Fsp3) is 0.500. The van der Waals surface area contributed by atoms with Gasteiger partial charge in [-0.2, -0.15) is 0 Å². The van der Waals surface area contributed by atoms with Crippen molar-refractivity contribution in [3.63, 3.8) is 0 Å². The summed E-state index contributed by atoms with van der Waals surface area (Å²) in [4.78, 5) is 20.7. The first kappa shape index (κ1) is 19.3. The van der Waals surface area contributed by atoms with Crippen molar-refractivity contribution in [2.45, 2.75) is 17.1 Å². The summed E-state index contributed by atoms with van der Waals surface area (Å²) in [5, 5.41) is 4.70. The van der Waals surface area contributed by atoms with Crippen LogP contribution in [-0.4, -0.2) is 68.3 Å². The number of anilines is 1. The number of rotatable bonds is 7. The fourth-order valence-corrected chi connectivity index (χ4v) is 5.92. The Balaban J connectivity index is 1.42. The summed E-state index contributed by atoms with van der Waals surface area (Å²) in [6.07, 6.45) is 2.67. The van der Waals surface area contributed by atoms with Crippen LogP contribution in [0.2, 0.25) is 0 Å². The number of thiazole rings is 1. The van der Waals surface area contributed by atoms with E-state index in [9.17, 15) is 13.2 Å². The highest BCUT2D eigenvalue weighted by atomic mass is 32.2. The van der Waals surface area contributed by atoms with Crippen molar-refractivity contribution in [2.75, 3.05) is 44.7 Å². The third-order valence-electron chi connectivity index (χ3n) is 4.35. The van der Waals surface area contributed by atoms with Gasteiger partial charge >= 0.3 is 0 Å². The molecule has 2 aromatic heterocycles. The van der Waals surface area contributed by atoms with Gasteiger partial charge in [0.15, 0.2) is 5.13 Å². The second kappa shape index (κ2) is 8.47. The molecule has 0 aliphatic carbocycles. The lowest BCUT2D eigenvalue weighted by Crippen LogP contribution is -2.48. The lowest BCUT2D eigenvalue weighted by molar-refractivity contribution is -0.131. The van der Waals surface area contributed by atoms with E-state index in [1.165, 1.54) is 15.6 Å². The van der Waals surface area contributed by atoms with Gasteiger partial charge in [-0.15, -0.1) is 22.7 Å². The molecule has 0 radical (unpaired) electrons. The van der Waals surface area contributed by atoms with Gasteiger partial charge in [0.05, 0.1) is 0 Å². The Labute approximate surface area is 161 Å². The van der Waals surface area contributed by atoms with Crippen molar-refractivity contribution >= 4 is 43.7 Å². The van der Waals surface area contributed by atoms with Crippen molar-refractivity contribution in [2.24, 2.45) is 0 Å². The number of nitrogens with zero attached hydrogens (tertiary/aromatic N) is 4. The maximum absolute atomic E-state index is 12.4. The van der Waals surface area contributed by atoms with Crippen molar-refractivity contribution in [1.29, 1.82) is 0 Å².